The van der Waals surface area contributed by atoms with Crippen molar-refractivity contribution in [2.24, 2.45) is 0 Å². The summed E-state index contributed by atoms with van der Waals surface area (Å²) in [5.41, 5.74) is 0. The lowest BCUT2D eigenvalue weighted by Gasteiger charge is -1.76. The second-order valence-corrected chi connectivity index (χ2v) is 1.54. The standard InChI is InChI=1S/C4H8O.C2H3N.CH4O/c1-2-4-5-3-1;1-2-3;1-2/h1-4H2;1H3;2H,1H3. The lowest BCUT2D eigenvalue weighted by Crippen LogP contribution is -1.74. The number of ether oxygens (including phenoxy) is 1. The van der Waals surface area contributed by atoms with Crippen LogP contribution in [-0.2, 0) is 4.74 Å². The van der Waals surface area contributed by atoms with Crippen LogP contribution in [-0.4, -0.2) is 25.4 Å². The fourth-order valence-electron chi connectivity index (χ4n) is 0.510. The molecule has 0 atom stereocenters. The Balaban J connectivity index is 0. The van der Waals surface area contributed by atoms with E-state index >= 15 is 0 Å². The van der Waals surface area contributed by atoms with Gasteiger partial charge in [-0.25, -0.2) is 0 Å². The molecule has 0 bridgehead atoms. The van der Waals surface area contributed by atoms with Crippen molar-refractivity contribution in [3.05, 3.63) is 0 Å². The molecule has 1 fully saturated rings. The third-order valence-corrected chi connectivity index (χ3v) is 0.827. The molecule has 0 saturated carbocycles. The number of nitrogens with zero attached hydrogens (tertiary/aromatic N) is 1. The third-order valence-electron chi connectivity index (χ3n) is 0.827. The highest BCUT2D eigenvalue weighted by atomic mass is 16.5. The average Bonchev–Trinajstić information content (AvgIpc) is 2.48. The van der Waals surface area contributed by atoms with E-state index in [9.17, 15) is 0 Å². The number of aliphatic hydroxyl groups excluding tert-OH is 1. The van der Waals surface area contributed by atoms with Gasteiger partial charge in [-0.05, 0) is 12.8 Å². The zero-order valence-corrected chi connectivity index (χ0v) is 6.63. The summed E-state index contributed by atoms with van der Waals surface area (Å²) in [6.45, 7) is 3.43. The van der Waals surface area contributed by atoms with Crippen molar-refractivity contribution in [3.63, 3.8) is 0 Å². The first-order valence-corrected chi connectivity index (χ1v) is 3.25. The molecule has 0 unspecified atom stereocenters. The van der Waals surface area contributed by atoms with Crippen molar-refractivity contribution in [3.8, 4) is 6.07 Å². The molecule has 0 aliphatic carbocycles. The molecular formula is C7H15NO2. The maximum Gasteiger partial charge on any atom is 0.0587 e. The third kappa shape index (κ3) is 15.7. The highest BCUT2D eigenvalue weighted by Crippen LogP contribution is 1.98. The Kier molecular flexibility index (Phi) is 19.1. The summed E-state index contributed by atoms with van der Waals surface area (Å²) in [5, 5.41) is 14.3. The van der Waals surface area contributed by atoms with Gasteiger partial charge in [-0.3, -0.25) is 0 Å². The summed E-state index contributed by atoms with van der Waals surface area (Å²) in [6.07, 6.45) is 2.56. The molecule has 10 heavy (non-hydrogen) atoms. The maximum absolute atomic E-state index is 7.32. The molecule has 1 heterocycles. The summed E-state index contributed by atoms with van der Waals surface area (Å²) < 4.78 is 4.94. The Morgan fingerprint density at radius 3 is 1.70 bits per heavy atom. The van der Waals surface area contributed by atoms with E-state index in [0.29, 0.717) is 0 Å². The molecule has 1 aliphatic heterocycles. The minimum atomic E-state index is 1.00. The van der Waals surface area contributed by atoms with E-state index in [-0.39, 0.29) is 0 Å². The SMILES string of the molecule is C1CCOC1.CC#N.CO. The van der Waals surface area contributed by atoms with Crippen LogP contribution in [0.15, 0.2) is 0 Å². The van der Waals surface area contributed by atoms with Gasteiger partial charge in [0.15, 0.2) is 0 Å². The molecule has 0 aromatic rings. The Morgan fingerprint density at radius 2 is 1.60 bits per heavy atom. The molecule has 0 aromatic heterocycles. The number of aliphatic hydroxyl groups is 1. The summed E-state index contributed by atoms with van der Waals surface area (Å²) in [6, 6.07) is 1.75. The number of hydrogen-bond acceptors (Lipinski definition) is 3. The van der Waals surface area contributed by atoms with Gasteiger partial charge in [0.25, 0.3) is 0 Å². The zero-order valence-electron chi connectivity index (χ0n) is 6.63. The molecule has 1 rings (SSSR count). The van der Waals surface area contributed by atoms with Gasteiger partial charge in [0, 0.05) is 27.2 Å². The van der Waals surface area contributed by atoms with Gasteiger partial charge in [0.1, 0.15) is 0 Å². The zero-order chi connectivity index (χ0) is 8.24. The molecule has 1 saturated heterocycles. The second kappa shape index (κ2) is 15.8. The largest absolute Gasteiger partial charge is 0.400 e. The van der Waals surface area contributed by atoms with E-state index in [2.05, 4.69) is 0 Å². The van der Waals surface area contributed by atoms with E-state index in [1.165, 1.54) is 19.8 Å². The molecule has 0 aromatic carbocycles. The van der Waals surface area contributed by atoms with Crippen LogP contribution in [0.25, 0.3) is 0 Å². The minimum absolute atomic E-state index is 1.00. The first-order chi connectivity index (χ1) is 4.91. The van der Waals surface area contributed by atoms with Crippen LogP contribution in [0.1, 0.15) is 19.8 Å². The normalized spacial score (nSPS) is 13.4. The molecular weight excluding hydrogens is 130 g/mol. The highest BCUT2D eigenvalue weighted by molar-refractivity contribution is 4.51. The molecule has 0 radical (unpaired) electrons. The first-order valence-electron chi connectivity index (χ1n) is 3.25. The van der Waals surface area contributed by atoms with Crippen LogP contribution >= 0.6 is 0 Å². The minimum Gasteiger partial charge on any atom is -0.400 e. The van der Waals surface area contributed by atoms with Crippen LogP contribution < -0.4 is 0 Å². The van der Waals surface area contributed by atoms with Crippen LogP contribution in [0, 0.1) is 11.3 Å². The predicted octanol–water partition coefficient (Wildman–Crippen LogP) is 0.935. The Bertz CT molecular complexity index is 66.6. The Labute approximate surface area is 62.2 Å². The summed E-state index contributed by atoms with van der Waals surface area (Å²) in [4.78, 5) is 0. The van der Waals surface area contributed by atoms with Crippen molar-refractivity contribution in [2.45, 2.75) is 19.8 Å². The van der Waals surface area contributed by atoms with E-state index in [0.717, 1.165) is 20.3 Å². The van der Waals surface area contributed by atoms with Crippen molar-refractivity contribution < 1.29 is 9.84 Å². The van der Waals surface area contributed by atoms with Gasteiger partial charge in [0.05, 0.1) is 6.07 Å². The van der Waals surface area contributed by atoms with Crippen molar-refractivity contribution in [2.75, 3.05) is 20.3 Å². The van der Waals surface area contributed by atoms with E-state index in [1.54, 1.807) is 6.07 Å². The molecule has 3 heteroatoms. The van der Waals surface area contributed by atoms with Crippen LogP contribution in [0.5, 0.6) is 0 Å². The van der Waals surface area contributed by atoms with Crippen LogP contribution in [0.2, 0.25) is 0 Å². The fraction of sp³-hybridized carbons (Fsp3) is 0.857. The van der Waals surface area contributed by atoms with E-state index < -0.39 is 0 Å². The number of rotatable bonds is 0. The van der Waals surface area contributed by atoms with Crippen molar-refractivity contribution in [1.29, 1.82) is 5.26 Å². The van der Waals surface area contributed by atoms with Gasteiger partial charge in [0.2, 0.25) is 0 Å². The smallest absolute Gasteiger partial charge is 0.0587 e. The molecule has 1 aliphatic rings. The lowest BCUT2D eigenvalue weighted by molar-refractivity contribution is 0.198. The number of nitriles is 1. The molecule has 3 nitrogen and oxygen atoms in total. The highest BCUT2D eigenvalue weighted by Gasteiger charge is 1.94. The summed E-state index contributed by atoms with van der Waals surface area (Å²) in [7, 11) is 1.00. The molecule has 60 valence electrons. The van der Waals surface area contributed by atoms with Gasteiger partial charge >= 0.3 is 0 Å². The van der Waals surface area contributed by atoms with Gasteiger partial charge in [-0.2, -0.15) is 5.26 Å². The fourth-order valence-corrected chi connectivity index (χ4v) is 0.510. The first kappa shape index (κ1) is 12.1. The Hall–Kier alpha value is -0.590. The summed E-state index contributed by atoms with van der Waals surface area (Å²) >= 11 is 0. The average molecular weight is 145 g/mol. The molecule has 0 spiro atoms. The lowest BCUT2D eigenvalue weighted by atomic mass is 10.4. The maximum atomic E-state index is 7.32. The second-order valence-electron chi connectivity index (χ2n) is 1.54. The van der Waals surface area contributed by atoms with Crippen molar-refractivity contribution >= 4 is 0 Å². The van der Waals surface area contributed by atoms with E-state index in [4.69, 9.17) is 15.1 Å². The molecule has 1 N–H and O–H groups in total. The predicted molar refractivity (Wildman–Crippen MR) is 39.5 cm³/mol. The topological polar surface area (TPSA) is 53.2 Å². The monoisotopic (exact) mass is 145 g/mol. The Morgan fingerprint density at radius 1 is 1.30 bits per heavy atom. The number of hydrogen-bond donors (Lipinski definition) is 1. The molecule has 0 amide bonds. The quantitative estimate of drug-likeness (QED) is 0.551. The van der Waals surface area contributed by atoms with Crippen molar-refractivity contribution in [1.82, 2.24) is 0 Å². The van der Waals surface area contributed by atoms with Crippen LogP contribution in [0.3, 0.4) is 0 Å². The van der Waals surface area contributed by atoms with Crippen LogP contribution in [0.4, 0.5) is 0 Å². The van der Waals surface area contributed by atoms with Gasteiger partial charge in [-0.1, -0.05) is 0 Å². The van der Waals surface area contributed by atoms with Gasteiger partial charge in [-0.15, -0.1) is 0 Å². The van der Waals surface area contributed by atoms with E-state index in [1.807, 2.05) is 0 Å². The van der Waals surface area contributed by atoms with Gasteiger partial charge < -0.3 is 9.84 Å². The summed E-state index contributed by atoms with van der Waals surface area (Å²) in [5.74, 6) is 0.